The number of benzene rings is 3. The Morgan fingerprint density at radius 1 is 1.00 bits per heavy atom. The molecule has 162 valence electrons. The fourth-order valence-corrected chi connectivity index (χ4v) is 4.10. The van der Waals surface area contributed by atoms with Gasteiger partial charge in [-0.05, 0) is 67.4 Å². The number of carbonyl (C=O) groups excluding carboxylic acids is 1. The Morgan fingerprint density at radius 3 is 2.32 bits per heavy atom. The highest BCUT2D eigenvalue weighted by Gasteiger charge is 2.19. The minimum absolute atomic E-state index is 0.105. The van der Waals surface area contributed by atoms with E-state index in [9.17, 15) is 17.6 Å². The van der Waals surface area contributed by atoms with E-state index < -0.39 is 21.7 Å². The van der Waals surface area contributed by atoms with Gasteiger partial charge in [-0.1, -0.05) is 17.7 Å². The molecule has 3 aromatic carbocycles. The lowest BCUT2D eigenvalue weighted by Crippen LogP contribution is -2.17. The predicted octanol–water partition coefficient (Wildman–Crippen LogP) is 5.16. The molecule has 1 amide bonds. The van der Waals surface area contributed by atoms with Crippen LogP contribution in [0.2, 0.25) is 5.02 Å². The summed E-state index contributed by atoms with van der Waals surface area (Å²) in [5.41, 5.74) is 2.12. The van der Waals surface area contributed by atoms with E-state index in [1.54, 1.807) is 32.0 Å². The zero-order valence-corrected chi connectivity index (χ0v) is 18.6. The number of hydrogen-bond acceptors (Lipinski definition) is 4. The summed E-state index contributed by atoms with van der Waals surface area (Å²) in [6.45, 7) is 3.49. The molecule has 0 saturated carbocycles. The average Bonchev–Trinajstić information content (AvgIpc) is 2.72. The molecular weight excluding hydrogens is 443 g/mol. The number of amides is 1. The monoisotopic (exact) mass is 462 g/mol. The van der Waals surface area contributed by atoms with Crippen LogP contribution < -0.4 is 14.8 Å². The van der Waals surface area contributed by atoms with E-state index in [-0.39, 0.29) is 16.1 Å². The zero-order valence-electron chi connectivity index (χ0n) is 17.0. The molecule has 0 saturated heterocycles. The van der Waals surface area contributed by atoms with E-state index >= 15 is 0 Å². The number of carbonyl (C=O) groups is 1. The molecule has 3 aromatic rings. The third-order valence-corrected chi connectivity index (χ3v) is 6.38. The van der Waals surface area contributed by atoms with Gasteiger partial charge < -0.3 is 10.1 Å². The van der Waals surface area contributed by atoms with E-state index in [1.807, 2.05) is 0 Å². The van der Waals surface area contributed by atoms with Crippen molar-refractivity contribution in [2.24, 2.45) is 0 Å². The molecule has 31 heavy (non-hydrogen) atoms. The third-order valence-electron chi connectivity index (χ3n) is 4.59. The molecule has 0 aliphatic carbocycles. The predicted molar refractivity (Wildman–Crippen MR) is 119 cm³/mol. The fourth-order valence-electron chi connectivity index (χ4n) is 2.86. The third kappa shape index (κ3) is 5.15. The molecule has 0 aliphatic rings. The molecule has 0 heterocycles. The van der Waals surface area contributed by atoms with Gasteiger partial charge in [-0.3, -0.25) is 9.52 Å². The maximum Gasteiger partial charge on any atom is 0.261 e. The summed E-state index contributed by atoms with van der Waals surface area (Å²) >= 11 is 6.10. The van der Waals surface area contributed by atoms with Gasteiger partial charge in [-0.15, -0.1) is 0 Å². The second kappa shape index (κ2) is 8.95. The molecule has 0 aromatic heterocycles. The molecule has 0 fully saturated rings. The summed E-state index contributed by atoms with van der Waals surface area (Å²) in [6.07, 6.45) is 0. The number of ether oxygens (including phenoxy) is 1. The van der Waals surface area contributed by atoms with Crippen molar-refractivity contribution >= 4 is 38.9 Å². The van der Waals surface area contributed by atoms with Gasteiger partial charge in [0.25, 0.3) is 15.9 Å². The molecule has 0 unspecified atom stereocenters. The second-order valence-electron chi connectivity index (χ2n) is 6.84. The van der Waals surface area contributed by atoms with E-state index in [2.05, 4.69) is 10.0 Å². The van der Waals surface area contributed by atoms with Gasteiger partial charge in [0.2, 0.25) is 0 Å². The molecule has 6 nitrogen and oxygen atoms in total. The molecule has 0 atom stereocenters. The van der Waals surface area contributed by atoms with Gasteiger partial charge in [-0.2, -0.15) is 0 Å². The van der Waals surface area contributed by atoms with Crippen molar-refractivity contribution in [1.29, 1.82) is 0 Å². The van der Waals surface area contributed by atoms with E-state index in [0.29, 0.717) is 22.0 Å². The lowest BCUT2D eigenvalue weighted by Gasteiger charge is -2.14. The van der Waals surface area contributed by atoms with Crippen LogP contribution in [0.3, 0.4) is 0 Å². The summed E-state index contributed by atoms with van der Waals surface area (Å²) in [7, 11) is -2.54. The maximum atomic E-state index is 13.1. The number of halogens is 2. The molecular formula is C22H20ClFN2O4S. The standard InChI is InChI=1S/C22H20ClFN2O4S/c1-13-4-9-17(31(28,29)26-16-7-5-15(24)6-8-16)11-18(13)22(27)25-20-10-14(2)19(23)12-21(20)30-3/h4-12,26H,1-3H3,(H,25,27). The number of aryl methyl sites for hydroxylation is 2. The first kappa shape index (κ1) is 22.6. The van der Waals surface area contributed by atoms with Crippen molar-refractivity contribution < 1.29 is 22.3 Å². The minimum atomic E-state index is -3.99. The van der Waals surface area contributed by atoms with Crippen LogP contribution >= 0.6 is 11.6 Å². The Balaban J connectivity index is 1.91. The summed E-state index contributed by atoms with van der Waals surface area (Å²) in [6, 6.07) is 12.4. The van der Waals surface area contributed by atoms with Crippen molar-refractivity contribution in [1.82, 2.24) is 0 Å². The molecule has 2 N–H and O–H groups in total. The average molecular weight is 463 g/mol. The van der Waals surface area contributed by atoms with Crippen LogP contribution in [0.1, 0.15) is 21.5 Å². The number of sulfonamides is 1. The molecule has 3 rings (SSSR count). The highest BCUT2D eigenvalue weighted by Crippen LogP contribution is 2.31. The first-order chi connectivity index (χ1) is 14.6. The van der Waals surface area contributed by atoms with Gasteiger partial charge >= 0.3 is 0 Å². The molecule has 0 bridgehead atoms. The van der Waals surface area contributed by atoms with Crippen LogP contribution in [0, 0.1) is 19.7 Å². The number of nitrogens with one attached hydrogen (secondary N) is 2. The summed E-state index contributed by atoms with van der Waals surface area (Å²) in [5, 5.41) is 3.23. The smallest absolute Gasteiger partial charge is 0.261 e. The Bertz CT molecular complexity index is 1250. The summed E-state index contributed by atoms with van der Waals surface area (Å²) in [4.78, 5) is 12.8. The Morgan fingerprint density at radius 2 is 1.68 bits per heavy atom. The Kier molecular flexibility index (Phi) is 6.52. The maximum absolute atomic E-state index is 13.1. The van der Waals surface area contributed by atoms with Gasteiger partial charge in [0.15, 0.2) is 0 Å². The van der Waals surface area contributed by atoms with Crippen LogP contribution in [-0.2, 0) is 10.0 Å². The molecule has 0 radical (unpaired) electrons. The first-order valence-electron chi connectivity index (χ1n) is 9.15. The molecule has 0 aliphatic heterocycles. The van der Waals surface area contributed by atoms with E-state index in [0.717, 1.165) is 17.7 Å². The summed E-state index contributed by atoms with van der Waals surface area (Å²) < 4.78 is 46.2. The highest BCUT2D eigenvalue weighted by atomic mass is 35.5. The summed E-state index contributed by atoms with van der Waals surface area (Å²) in [5.74, 6) is -0.607. The largest absolute Gasteiger partial charge is 0.495 e. The SMILES string of the molecule is COc1cc(Cl)c(C)cc1NC(=O)c1cc(S(=O)(=O)Nc2ccc(F)cc2)ccc1C. The normalized spacial score (nSPS) is 11.1. The van der Waals surface area contributed by atoms with E-state index in [1.165, 1.54) is 31.4 Å². The van der Waals surface area contributed by atoms with Crippen LogP contribution in [0.5, 0.6) is 5.75 Å². The van der Waals surface area contributed by atoms with Crippen molar-refractivity contribution in [3.05, 3.63) is 82.1 Å². The number of anilines is 2. The van der Waals surface area contributed by atoms with Crippen molar-refractivity contribution in [3.8, 4) is 5.75 Å². The quantitative estimate of drug-likeness (QED) is 0.530. The van der Waals surface area contributed by atoms with Crippen molar-refractivity contribution in [2.45, 2.75) is 18.7 Å². The molecule has 0 spiro atoms. The van der Waals surface area contributed by atoms with Crippen LogP contribution in [0.15, 0.2) is 59.5 Å². The van der Waals surface area contributed by atoms with Crippen LogP contribution in [0.25, 0.3) is 0 Å². The fraction of sp³-hybridized carbons (Fsp3) is 0.136. The minimum Gasteiger partial charge on any atom is -0.495 e. The Labute approximate surface area is 185 Å². The lowest BCUT2D eigenvalue weighted by molar-refractivity contribution is 0.102. The van der Waals surface area contributed by atoms with Gasteiger partial charge in [0, 0.05) is 22.3 Å². The van der Waals surface area contributed by atoms with Crippen LogP contribution in [0.4, 0.5) is 15.8 Å². The second-order valence-corrected chi connectivity index (χ2v) is 8.93. The van der Waals surface area contributed by atoms with Gasteiger partial charge in [-0.25, -0.2) is 12.8 Å². The zero-order chi connectivity index (χ0) is 22.8. The van der Waals surface area contributed by atoms with Crippen molar-refractivity contribution in [3.63, 3.8) is 0 Å². The molecule has 9 heteroatoms. The first-order valence-corrected chi connectivity index (χ1v) is 11.0. The number of methoxy groups -OCH3 is 1. The number of rotatable bonds is 6. The topological polar surface area (TPSA) is 84.5 Å². The highest BCUT2D eigenvalue weighted by molar-refractivity contribution is 7.92. The lowest BCUT2D eigenvalue weighted by atomic mass is 10.1. The number of hydrogen-bond donors (Lipinski definition) is 2. The Hall–Kier alpha value is -3.10. The van der Waals surface area contributed by atoms with Gasteiger partial charge in [0.05, 0.1) is 17.7 Å². The van der Waals surface area contributed by atoms with Gasteiger partial charge in [0.1, 0.15) is 11.6 Å². The van der Waals surface area contributed by atoms with Crippen molar-refractivity contribution in [2.75, 3.05) is 17.1 Å². The van der Waals surface area contributed by atoms with E-state index in [4.69, 9.17) is 16.3 Å². The van der Waals surface area contributed by atoms with Crippen LogP contribution in [-0.4, -0.2) is 21.4 Å².